The van der Waals surface area contributed by atoms with Gasteiger partial charge in [0.1, 0.15) is 30.2 Å². The monoisotopic (exact) mass is 507 g/mol. The number of carbonyl (C=O) groups is 1. The molecule has 1 fully saturated rings. The number of aliphatic hydroxyl groups excluding tert-OH is 4. The lowest BCUT2D eigenvalue weighted by Crippen LogP contribution is -2.60. The predicted octanol–water partition coefficient (Wildman–Crippen LogP) is 2.24. The second-order valence-electron chi connectivity index (χ2n) is 10.8. The lowest BCUT2D eigenvalue weighted by Gasteiger charge is -2.39. The van der Waals surface area contributed by atoms with Crippen molar-refractivity contribution in [3.05, 3.63) is 83.1 Å². The number of ether oxygens (including phenoxy) is 2. The number of nitrogens with one attached hydrogen (secondary N) is 1. The molecule has 1 unspecified atom stereocenters. The highest BCUT2D eigenvalue weighted by atomic mass is 16.7. The summed E-state index contributed by atoms with van der Waals surface area (Å²) in [5.74, 6) is 0.268. The molecule has 0 saturated carbocycles. The van der Waals surface area contributed by atoms with Gasteiger partial charge < -0.3 is 35.2 Å². The second kappa shape index (κ2) is 10.0. The van der Waals surface area contributed by atoms with Crippen LogP contribution in [0, 0.1) is 5.41 Å². The number of carbonyl (C=O) groups excluding carboxylic acids is 1. The van der Waals surface area contributed by atoms with Gasteiger partial charge in [0.25, 0.3) is 0 Å². The summed E-state index contributed by atoms with van der Waals surface area (Å²) in [5.41, 5.74) is 4.51. The standard InChI is InChI=1S/C29H33NO7/c1-29(2)13-21-24(22(32)14-29)19(12-20(30-21)17-6-4-3-5-7-17)16-8-10-18(11-9-16)36-28-27(35)26(34)25(33)23(15-31)37-28/h3-12,19,23,25-28,30-31,33-35H,13-15H2,1-2H3/t19?,23-,25-,26-,27-,28-/m1/s1. The van der Waals surface area contributed by atoms with Gasteiger partial charge in [-0.15, -0.1) is 0 Å². The minimum Gasteiger partial charge on any atom is -0.462 e. The molecule has 0 aromatic heterocycles. The zero-order valence-corrected chi connectivity index (χ0v) is 20.9. The summed E-state index contributed by atoms with van der Waals surface area (Å²) in [6.07, 6.45) is -3.44. The Morgan fingerprint density at radius 2 is 1.68 bits per heavy atom. The molecule has 0 bridgehead atoms. The van der Waals surface area contributed by atoms with Gasteiger partial charge in [-0.2, -0.15) is 0 Å². The topological polar surface area (TPSA) is 128 Å². The zero-order valence-electron chi connectivity index (χ0n) is 20.9. The molecule has 0 amide bonds. The van der Waals surface area contributed by atoms with Gasteiger partial charge in [0.2, 0.25) is 6.29 Å². The summed E-state index contributed by atoms with van der Waals surface area (Å²) in [4.78, 5) is 13.3. The summed E-state index contributed by atoms with van der Waals surface area (Å²) in [6.45, 7) is 3.69. The molecule has 5 N–H and O–H groups in total. The maximum atomic E-state index is 13.3. The number of rotatable bonds is 5. The van der Waals surface area contributed by atoms with Gasteiger partial charge in [-0.25, -0.2) is 0 Å². The third-order valence-electron chi connectivity index (χ3n) is 7.27. The third kappa shape index (κ3) is 5.08. The van der Waals surface area contributed by atoms with E-state index in [2.05, 4.69) is 25.2 Å². The Morgan fingerprint density at radius 3 is 2.35 bits per heavy atom. The molecule has 5 rings (SSSR count). The minimum absolute atomic E-state index is 0.129. The summed E-state index contributed by atoms with van der Waals surface area (Å²) in [5, 5.41) is 43.2. The normalized spacial score (nSPS) is 31.3. The van der Waals surface area contributed by atoms with Crippen LogP contribution in [0.4, 0.5) is 0 Å². The number of allylic oxidation sites excluding steroid dienone is 3. The molecule has 196 valence electrons. The van der Waals surface area contributed by atoms with E-state index in [4.69, 9.17) is 9.47 Å². The molecular formula is C29H33NO7. The maximum absolute atomic E-state index is 13.3. The van der Waals surface area contributed by atoms with E-state index >= 15 is 0 Å². The number of benzene rings is 2. The van der Waals surface area contributed by atoms with Gasteiger partial charge in [0.05, 0.1) is 6.61 Å². The molecule has 0 radical (unpaired) electrons. The second-order valence-corrected chi connectivity index (χ2v) is 10.8. The number of hydrogen-bond donors (Lipinski definition) is 5. The molecule has 37 heavy (non-hydrogen) atoms. The van der Waals surface area contributed by atoms with Crippen LogP contribution < -0.4 is 10.1 Å². The van der Waals surface area contributed by atoms with Crippen molar-refractivity contribution in [3.8, 4) is 5.75 Å². The number of dihydropyridines is 1. The van der Waals surface area contributed by atoms with Crippen LogP contribution >= 0.6 is 0 Å². The van der Waals surface area contributed by atoms with Gasteiger partial charge in [0, 0.05) is 29.3 Å². The van der Waals surface area contributed by atoms with Crippen molar-refractivity contribution >= 4 is 11.5 Å². The number of hydrogen-bond acceptors (Lipinski definition) is 8. The largest absolute Gasteiger partial charge is 0.462 e. The van der Waals surface area contributed by atoms with Gasteiger partial charge in [0.15, 0.2) is 5.78 Å². The van der Waals surface area contributed by atoms with Gasteiger partial charge in [-0.3, -0.25) is 4.79 Å². The molecule has 8 heteroatoms. The Hall–Kier alpha value is -3.01. The van der Waals surface area contributed by atoms with E-state index in [0.29, 0.717) is 12.2 Å². The minimum atomic E-state index is -1.52. The van der Waals surface area contributed by atoms with E-state index in [1.165, 1.54) is 0 Å². The van der Waals surface area contributed by atoms with Crippen molar-refractivity contribution in [2.75, 3.05) is 6.61 Å². The van der Waals surface area contributed by atoms with E-state index in [0.717, 1.165) is 34.5 Å². The van der Waals surface area contributed by atoms with Crippen molar-refractivity contribution < 1.29 is 34.7 Å². The average molecular weight is 508 g/mol. The molecule has 8 nitrogen and oxygen atoms in total. The first-order chi connectivity index (χ1) is 17.7. The highest BCUT2D eigenvalue weighted by Gasteiger charge is 2.45. The number of ketones is 1. The van der Waals surface area contributed by atoms with E-state index in [-0.39, 0.29) is 17.1 Å². The molecular weight excluding hydrogens is 474 g/mol. The summed E-state index contributed by atoms with van der Waals surface area (Å²) >= 11 is 0. The molecule has 1 saturated heterocycles. The van der Waals surface area contributed by atoms with E-state index in [1.807, 2.05) is 42.5 Å². The molecule has 1 aliphatic carbocycles. The van der Waals surface area contributed by atoms with Crippen molar-refractivity contribution in [2.24, 2.45) is 5.41 Å². The highest BCUT2D eigenvalue weighted by Crippen LogP contribution is 2.45. The summed E-state index contributed by atoms with van der Waals surface area (Å²) in [7, 11) is 0. The zero-order chi connectivity index (χ0) is 26.3. The SMILES string of the molecule is CC1(C)CC(=O)C2=C(C1)NC(c1ccccc1)=CC2c1ccc(O[C@@H]2O[C@H](CO)[C@@H](O)[C@@H](O)[C@H]2O)cc1. The molecule has 0 spiro atoms. The quantitative estimate of drug-likeness (QED) is 0.417. The van der Waals surface area contributed by atoms with Crippen LogP contribution in [-0.4, -0.2) is 63.5 Å². The van der Waals surface area contributed by atoms with E-state index in [9.17, 15) is 25.2 Å². The Bertz CT molecular complexity index is 1200. The molecule has 2 aromatic carbocycles. The van der Waals surface area contributed by atoms with Crippen molar-refractivity contribution in [1.82, 2.24) is 5.32 Å². The highest BCUT2D eigenvalue weighted by molar-refractivity contribution is 6.00. The molecule has 2 aliphatic heterocycles. The van der Waals surface area contributed by atoms with Gasteiger partial charge >= 0.3 is 0 Å². The molecule has 6 atom stereocenters. The van der Waals surface area contributed by atoms with Crippen LogP contribution in [-0.2, 0) is 9.53 Å². The fraction of sp³-hybridized carbons (Fsp3) is 0.414. The van der Waals surface area contributed by atoms with Crippen molar-refractivity contribution in [2.45, 2.75) is 63.3 Å². The number of Topliss-reactive ketones (excluding diaryl/α,β-unsaturated/α-hetero) is 1. The van der Waals surface area contributed by atoms with Crippen LogP contribution in [0.25, 0.3) is 5.70 Å². The van der Waals surface area contributed by atoms with Crippen molar-refractivity contribution in [3.63, 3.8) is 0 Å². The molecule has 2 aromatic rings. The summed E-state index contributed by atoms with van der Waals surface area (Å²) < 4.78 is 11.2. The van der Waals surface area contributed by atoms with E-state index in [1.54, 1.807) is 12.1 Å². The van der Waals surface area contributed by atoms with Crippen LogP contribution in [0.2, 0.25) is 0 Å². The fourth-order valence-corrected chi connectivity index (χ4v) is 5.36. The lowest BCUT2D eigenvalue weighted by atomic mass is 9.70. The van der Waals surface area contributed by atoms with Gasteiger partial charge in [-0.1, -0.05) is 56.3 Å². The predicted molar refractivity (Wildman–Crippen MR) is 136 cm³/mol. The first kappa shape index (κ1) is 25.6. The van der Waals surface area contributed by atoms with Crippen molar-refractivity contribution in [1.29, 1.82) is 0 Å². The first-order valence-corrected chi connectivity index (χ1v) is 12.5. The van der Waals surface area contributed by atoms with Crippen LogP contribution in [0.1, 0.15) is 43.7 Å². The summed E-state index contributed by atoms with van der Waals surface area (Å²) in [6, 6.07) is 17.2. The Labute approximate surface area is 215 Å². The van der Waals surface area contributed by atoms with Crippen LogP contribution in [0.3, 0.4) is 0 Å². The van der Waals surface area contributed by atoms with Crippen LogP contribution in [0.15, 0.2) is 71.9 Å². The lowest BCUT2D eigenvalue weighted by molar-refractivity contribution is -0.277. The fourth-order valence-electron chi connectivity index (χ4n) is 5.36. The smallest absolute Gasteiger partial charge is 0.229 e. The average Bonchev–Trinajstić information content (AvgIpc) is 2.88. The van der Waals surface area contributed by atoms with Crippen LogP contribution in [0.5, 0.6) is 5.75 Å². The first-order valence-electron chi connectivity index (χ1n) is 12.5. The Morgan fingerprint density at radius 1 is 0.973 bits per heavy atom. The van der Waals surface area contributed by atoms with E-state index < -0.39 is 37.3 Å². The molecule has 3 aliphatic rings. The maximum Gasteiger partial charge on any atom is 0.229 e. The Kier molecular flexibility index (Phi) is 6.95. The van der Waals surface area contributed by atoms with Gasteiger partial charge in [-0.05, 0) is 41.2 Å². The third-order valence-corrected chi connectivity index (χ3v) is 7.27. The molecule has 2 heterocycles. The number of aliphatic hydroxyl groups is 4. The Balaban J connectivity index is 1.43.